The molecule has 3 amide bonds. The summed E-state index contributed by atoms with van der Waals surface area (Å²) in [5, 5.41) is 35.7. The van der Waals surface area contributed by atoms with Crippen LogP contribution < -0.4 is 33.2 Å². The molecule has 232 valence electrons. The van der Waals surface area contributed by atoms with E-state index in [2.05, 4.69) is 20.9 Å². The molecular formula is C28H37N7O8. The van der Waals surface area contributed by atoms with Crippen LogP contribution in [0.5, 0.6) is 5.75 Å². The largest absolute Gasteiger partial charge is 0.508 e. The number of aliphatic carboxylic acids is 2. The van der Waals surface area contributed by atoms with Crippen LogP contribution >= 0.6 is 0 Å². The second kappa shape index (κ2) is 16.9. The van der Waals surface area contributed by atoms with Gasteiger partial charge in [-0.2, -0.15) is 0 Å². The molecule has 0 fully saturated rings. The predicted molar refractivity (Wildman–Crippen MR) is 156 cm³/mol. The fourth-order valence-corrected chi connectivity index (χ4v) is 4.00. The van der Waals surface area contributed by atoms with Gasteiger partial charge in [0, 0.05) is 19.4 Å². The molecule has 0 radical (unpaired) electrons. The number of carboxylic acids is 2. The highest BCUT2D eigenvalue weighted by atomic mass is 16.4. The van der Waals surface area contributed by atoms with Crippen molar-refractivity contribution in [1.82, 2.24) is 16.0 Å². The quantitative estimate of drug-likeness (QED) is 0.0577. The fourth-order valence-electron chi connectivity index (χ4n) is 4.00. The van der Waals surface area contributed by atoms with Crippen LogP contribution in [0.15, 0.2) is 59.6 Å². The minimum absolute atomic E-state index is 0.00440. The van der Waals surface area contributed by atoms with Crippen molar-refractivity contribution < 1.29 is 39.3 Å². The number of nitrogens with two attached hydrogens (primary N) is 3. The number of phenols is 1. The molecular weight excluding hydrogens is 562 g/mol. The summed E-state index contributed by atoms with van der Waals surface area (Å²) in [5.41, 5.74) is 17.6. The fraction of sp³-hybridized carbons (Fsp3) is 0.357. The number of aromatic hydroxyl groups is 1. The van der Waals surface area contributed by atoms with E-state index >= 15 is 0 Å². The summed E-state index contributed by atoms with van der Waals surface area (Å²) in [6, 6.07) is 9.08. The first-order valence-corrected chi connectivity index (χ1v) is 13.3. The van der Waals surface area contributed by atoms with Gasteiger partial charge in [-0.05, 0) is 36.1 Å². The van der Waals surface area contributed by atoms with Crippen LogP contribution in [-0.2, 0) is 36.8 Å². The van der Waals surface area contributed by atoms with E-state index in [-0.39, 0.29) is 43.9 Å². The zero-order chi connectivity index (χ0) is 31.9. The maximum Gasteiger partial charge on any atom is 0.326 e. The van der Waals surface area contributed by atoms with E-state index in [1.165, 1.54) is 24.3 Å². The molecule has 0 aliphatic rings. The van der Waals surface area contributed by atoms with Crippen molar-refractivity contribution >= 4 is 35.6 Å². The highest BCUT2D eigenvalue weighted by Gasteiger charge is 2.31. The number of benzene rings is 2. The van der Waals surface area contributed by atoms with Crippen LogP contribution in [0.4, 0.5) is 0 Å². The van der Waals surface area contributed by atoms with Gasteiger partial charge in [0.2, 0.25) is 17.7 Å². The Morgan fingerprint density at radius 2 is 1.28 bits per heavy atom. The smallest absolute Gasteiger partial charge is 0.326 e. The molecule has 2 aromatic carbocycles. The number of amides is 3. The number of aliphatic imine (C=N–C) groups is 1. The highest BCUT2D eigenvalue weighted by molar-refractivity contribution is 5.95. The Morgan fingerprint density at radius 3 is 1.86 bits per heavy atom. The molecule has 0 aliphatic carbocycles. The van der Waals surface area contributed by atoms with Gasteiger partial charge in [-0.25, -0.2) is 4.79 Å². The molecule has 15 heteroatoms. The lowest BCUT2D eigenvalue weighted by Crippen LogP contribution is -2.58. The van der Waals surface area contributed by atoms with E-state index in [1.54, 1.807) is 30.3 Å². The third kappa shape index (κ3) is 12.5. The van der Waals surface area contributed by atoms with Gasteiger partial charge in [0.1, 0.15) is 23.9 Å². The van der Waals surface area contributed by atoms with Crippen LogP contribution in [0.3, 0.4) is 0 Å². The Hall–Kier alpha value is -5.18. The standard InChI is InChI=1S/C28H37N7O8/c29-19(15-23(37)38)24(39)34-21(13-17-8-10-18(36)11-9-17)26(41)33-20(7-4-12-32-28(30)31)25(40)35-22(27(42)43)14-16-5-2-1-3-6-16/h1-3,5-6,8-11,19-22,36H,4,7,12-15,29H2,(H,33,41)(H,34,39)(H,35,40)(H,37,38)(H,42,43)(H4,30,31,32). The van der Waals surface area contributed by atoms with Gasteiger partial charge in [-0.3, -0.25) is 24.2 Å². The first-order valence-electron chi connectivity index (χ1n) is 13.3. The summed E-state index contributed by atoms with van der Waals surface area (Å²) in [7, 11) is 0. The molecule has 15 nitrogen and oxygen atoms in total. The lowest BCUT2D eigenvalue weighted by Gasteiger charge is -2.25. The van der Waals surface area contributed by atoms with Crippen LogP contribution in [0.1, 0.15) is 30.4 Å². The van der Waals surface area contributed by atoms with Gasteiger partial charge in [0.15, 0.2) is 5.96 Å². The molecule has 4 unspecified atom stereocenters. The van der Waals surface area contributed by atoms with E-state index in [4.69, 9.17) is 22.3 Å². The summed E-state index contributed by atoms with van der Waals surface area (Å²) in [6.07, 6.45) is -0.577. The van der Waals surface area contributed by atoms with Crippen molar-refractivity contribution in [3.8, 4) is 5.75 Å². The van der Waals surface area contributed by atoms with Crippen molar-refractivity contribution in [1.29, 1.82) is 0 Å². The average molecular weight is 600 g/mol. The third-order valence-electron chi connectivity index (χ3n) is 6.22. The zero-order valence-corrected chi connectivity index (χ0v) is 23.3. The van der Waals surface area contributed by atoms with Gasteiger partial charge in [0.05, 0.1) is 12.5 Å². The molecule has 0 saturated heterocycles. The molecule has 0 saturated carbocycles. The average Bonchev–Trinajstić information content (AvgIpc) is 2.94. The van der Waals surface area contributed by atoms with Crippen molar-refractivity contribution in [2.75, 3.05) is 6.54 Å². The number of carbonyl (C=O) groups excluding carboxylic acids is 3. The first-order chi connectivity index (χ1) is 20.3. The van der Waals surface area contributed by atoms with E-state index in [1.807, 2.05) is 0 Å². The van der Waals surface area contributed by atoms with E-state index in [0.29, 0.717) is 11.1 Å². The monoisotopic (exact) mass is 599 g/mol. The third-order valence-corrected chi connectivity index (χ3v) is 6.22. The first kappa shape index (κ1) is 34.0. The number of carbonyl (C=O) groups is 5. The Labute approximate surface area is 247 Å². The number of carboxylic acid groups (broad SMARTS) is 2. The molecule has 12 N–H and O–H groups in total. The normalized spacial score (nSPS) is 13.4. The number of hydrogen-bond acceptors (Lipinski definition) is 8. The lowest BCUT2D eigenvalue weighted by atomic mass is 10.0. The van der Waals surface area contributed by atoms with Crippen molar-refractivity contribution in [2.24, 2.45) is 22.2 Å². The minimum atomic E-state index is -1.46. The van der Waals surface area contributed by atoms with Crippen molar-refractivity contribution in [3.63, 3.8) is 0 Å². The molecule has 0 bridgehead atoms. The van der Waals surface area contributed by atoms with Crippen LogP contribution in [-0.4, -0.2) is 81.7 Å². The summed E-state index contributed by atoms with van der Waals surface area (Å²) in [5.74, 6) is -5.33. The number of nitrogens with one attached hydrogen (secondary N) is 3. The Kier molecular flexibility index (Phi) is 13.4. The summed E-state index contributed by atoms with van der Waals surface area (Å²) < 4.78 is 0. The molecule has 2 rings (SSSR count). The zero-order valence-electron chi connectivity index (χ0n) is 23.3. The van der Waals surface area contributed by atoms with Gasteiger partial charge in [-0.1, -0.05) is 42.5 Å². The van der Waals surface area contributed by atoms with Crippen LogP contribution in [0.2, 0.25) is 0 Å². The molecule has 0 spiro atoms. The Bertz CT molecular complexity index is 1280. The topological polar surface area (TPSA) is 273 Å². The van der Waals surface area contributed by atoms with Crippen LogP contribution in [0.25, 0.3) is 0 Å². The van der Waals surface area contributed by atoms with Gasteiger partial charge >= 0.3 is 11.9 Å². The van der Waals surface area contributed by atoms with Gasteiger partial charge < -0.3 is 48.5 Å². The lowest BCUT2D eigenvalue weighted by molar-refractivity contribution is -0.142. The number of hydrogen-bond donors (Lipinski definition) is 9. The molecule has 0 aromatic heterocycles. The summed E-state index contributed by atoms with van der Waals surface area (Å²) >= 11 is 0. The second-order valence-electron chi connectivity index (χ2n) is 9.74. The second-order valence-corrected chi connectivity index (χ2v) is 9.74. The molecule has 2 aromatic rings. The minimum Gasteiger partial charge on any atom is -0.508 e. The number of phenolic OH excluding ortho intramolecular Hbond substituents is 1. The maximum absolute atomic E-state index is 13.5. The number of guanidine groups is 1. The Balaban J connectivity index is 2.28. The highest BCUT2D eigenvalue weighted by Crippen LogP contribution is 2.12. The van der Waals surface area contributed by atoms with E-state index in [0.717, 1.165) is 0 Å². The van der Waals surface area contributed by atoms with Gasteiger partial charge in [0.25, 0.3) is 0 Å². The summed E-state index contributed by atoms with van der Waals surface area (Å²) in [4.78, 5) is 66.2. The molecule has 0 aliphatic heterocycles. The van der Waals surface area contributed by atoms with Gasteiger partial charge in [-0.15, -0.1) is 0 Å². The van der Waals surface area contributed by atoms with E-state index < -0.39 is 60.2 Å². The Morgan fingerprint density at radius 1 is 0.744 bits per heavy atom. The van der Waals surface area contributed by atoms with Crippen LogP contribution in [0, 0.1) is 0 Å². The molecule has 4 atom stereocenters. The van der Waals surface area contributed by atoms with Crippen molar-refractivity contribution in [2.45, 2.75) is 56.3 Å². The number of nitrogens with zero attached hydrogens (tertiary/aromatic N) is 1. The maximum atomic E-state index is 13.5. The number of rotatable bonds is 17. The molecule has 43 heavy (non-hydrogen) atoms. The van der Waals surface area contributed by atoms with E-state index in [9.17, 15) is 34.2 Å². The molecule has 0 heterocycles. The summed E-state index contributed by atoms with van der Waals surface area (Å²) in [6.45, 7) is 0.117. The van der Waals surface area contributed by atoms with Crippen molar-refractivity contribution in [3.05, 3.63) is 65.7 Å². The predicted octanol–water partition coefficient (Wildman–Crippen LogP) is -1.43. The SMILES string of the molecule is NC(N)=NCCCC(NC(=O)C(Cc1ccc(O)cc1)NC(=O)C(N)CC(=O)O)C(=O)NC(Cc1ccccc1)C(=O)O.